The highest BCUT2D eigenvalue weighted by Crippen LogP contribution is 2.30. The van der Waals surface area contributed by atoms with Crippen molar-refractivity contribution < 1.29 is 19.1 Å². The lowest BCUT2D eigenvalue weighted by atomic mass is 10.1. The van der Waals surface area contributed by atoms with Gasteiger partial charge < -0.3 is 20.1 Å². The molecule has 2 aromatic rings. The zero-order valence-electron chi connectivity index (χ0n) is 13.5. The number of rotatable bonds is 4. The standard InChI is InChI=1S/C18H18N2O4/c1-11-3-4-12(2)16(7-11)24-9-17(21)19-13-5-6-15-14(8-13)20-18(22)10-23-15/h3-8H,9-10H2,1-2H3,(H,19,21)(H,20,22). The summed E-state index contributed by atoms with van der Waals surface area (Å²) in [6, 6.07) is 10.9. The summed E-state index contributed by atoms with van der Waals surface area (Å²) in [5.41, 5.74) is 3.15. The second-order valence-electron chi connectivity index (χ2n) is 5.65. The molecule has 6 heteroatoms. The first-order valence-corrected chi connectivity index (χ1v) is 7.58. The van der Waals surface area contributed by atoms with E-state index in [4.69, 9.17) is 9.47 Å². The number of hydrogen-bond acceptors (Lipinski definition) is 4. The lowest BCUT2D eigenvalue weighted by Crippen LogP contribution is -2.25. The molecule has 0 spiro atoms. The van der Waals surface area contributed by atoms with E-state index in [9.17, 15) is 9.59 Å². The van der Waals surface area contributed by atoms with Crippen molar-refractivity contribution >= 4 is 23.2 Å². The van der Waals surface area contributed by atoms with Gasteiger partial charge in [0.25, 0.3) is 11.8 Å². The Balaban J connectivity index is 1.62. The molecule has 0 radical (unpaired) electrons. The van der Waals surface area contributed by atoms with Gasteiger partial charge in [0.2, 0.25) is 0 Å². The number of carbonyl (C=O) groups excluding carboxylic acids is 2. The van der Waals surface area contributed by atoms with Crippen molar-refractivity contribution in [1.82, 2.24) is 0 Å². The number of ether oxygens (including phenoxy) is 2. The quantitative estimate of drug-likeness (QED) is 0.905. The maximum atomic E-state index is 12.1. The molecule has 1 heterocycles. The van der Waals surface area contributed by atoms with Crippen LogP contribution < -0.4 is 20.1 Å². The Morgan fingerprint density at radius 2 is 2.08 bits per heavy atom. The summed E-state index contributed by atoms with van der Waals surface area (Å²) in [4.78, 5) is 23.4. The largest absolute Gasteiger partial charge is 0.483 e. The van der Waals surface area contributed by atoms with Crippen LogP contribution in [-0.2, 0) is 9.59 Å². The van der Waals surface area contributed by atoms with Gasteiger partial charge in [-0.2, -0.15) is 0 Å². The smallest absolute Gasteiger partial charge is 0.262 e. The molecule has 2 N–H and O–H groups in total. The highest BCUT2D eigenvalue weighted by molar-refractivity contribution is 5.97. The number of amides is 2. The zero-order valence-corrected chi connectivity index (χ0v) is 13.5. The number of benzene rings is 2. The molecular weight excluding hydrogens is 308 g/mol. The average Bonchev–Trinajstić information content (AvgIpc) is 2.55. The van der Waals surface area contributed by atoms with Crippen LogP contribution in [0.3, 0.4) is 0 Å². The maximum absolute atomic E-state index is 12.1. The normalized spacial score (nSPS) is 12.7. The third-order valence-corrected chi connectivity index (χ3v) is 3.60. The van der Waals surface area contributed by atoms with Crippen molar-refractivity contribution in [3.05, 3.63) is 47.5 Å². The molecule has 124 valence electrons. The molecule has 3 rings (SSSR count). The topological polar surface area (TPSA) is 76.7 Å². The fourth-order valence-corrected chi connectivity index (χ4v) is 2.36. The van der Waals surface area contributed by atoms with E-state index in [1.807, 2.05) is 32.0 Å². The Hall–Kier alpha value is -3.02. The summed E-state index contributed by atoms with van der Waals surface area (Å²) >= 11 is 0. The van der Waals surface area contributed by atoms with E-state index < -0.39 is 0 Å². The van der Waals surface area contributed by atoms with Crippen LogP contribution in [0.15, 0.2) is 36.4 Å². The number of fused-ring (bicyclic) bond motifs is 1. The summed E-state index contributed by atoms with van der Waals surface area (Å²) in [7, 11) is 0. The average molecular weight is 326 g/mol. The molecule has 1 aliphatic heterocycles. The number of nitrogens with one attached hydrogen (secondary N) is 2. The first-order chi connectivity index (χ1) is 11.5. The summed E-state index contributed by atoms with van der Waals surface area (Å²) in [6.45, 7) is 3.81. The van der Waals surface area contributed by atoms with Crippen LogP contribution in [0.2, 0.25) is 0 Å². The van der Waals surface area contributed by atoms with E-state index in [-0.39, 0.29) is 25.0 Å². The number of carbonyl (C=O) groups is 2. The van der Waals surface area contributed by atoms with Crippen molar-refractivity contribution in [2.45, 2.75) is 13.8 Å². The fourth-order valence-electron chi connectivity index (χ4n) is 2.36. The van der Waals surface area contributed by atoms with Crippen molar-refractivity contribution in [2.75, 3.05) is 23.8 Å². The Morgan fingerprint density at radius 1 is 1.25 bits per heavy atom. The SMILES string of the molecule is Cc1ccc(C)c(OCC(=O)Nc2ccc3c(c2)NC(=O)CO3)c1. The minimum Gasteiger partial charge on any atom is -0.483 e. The van der Waals surface area contributed by atoms with Gasteiger partial charge in [0, 0.05) is 5.69 Å². The molecule has 0 aliphatic carbocycles. The zero-order chi connectivity index (χ0) is 17.1. The predicted octanol–water partition coefficient (Wildman–Crippen LogP) is 2.65. The molecule has 0 unspecified atom stereocenters. The van der Waals surface area contributed by atoms with Crippen LogP contribution >= 0.6 is 0 Å². The van der Waals surface area contributed by atoms with Gasteiger partial charge in [-0.1, -0.05) is 12.1 Å². The van der Waals surface area contributed by atoms with E-state index in [0.29, 0.717) is 22.9 Å². The first kappa shape index (κ1) is 15.9. The molecule has 6 nitrogen and oxygen atoms in total. The molecule has 0 saturated carbocycles. The van der Waals surface area contributed by atoms with E-state index in [0.717, 1.165) is 11.1 Å². The second kappa shape index (κ2) is 6.62. The number of aryl methyl sites for hydroxylation is 2. The number of hydrogen-bond donors (Lipinski definition) is 2. The fraction of sp³-hybridized carbons (Fsp3) is 0.222. The minimum absolute atomic E-state index is 0.00237. The minimum atomic E-state index is -0.279. The van der Waals surface area contributed by atoms with E-state index in [1.165, 1.54) is 0 Å². The van der Waals surface area contributed by atoms with E-state index >= 15 is 0 Å². The highest BCUT2D eigenvalue weighted by Gasteiger charge is 2.16. The van der Waals surface area contributed by atoms with Crippen molar-refractivity contribution in [3.8, 4) is 11.5 Å². The van der Waals surface area contributed by atoms with Crippen LogP contribution in [0, 0.1) is 13.8 Å². The summed E-state index contributed by atoms with van der Waals surface area (Å²) in [5, 5.41) is 5.44. The Kier molecular flexibility index (Phi) is 4.37. The van der Waals surface area contributed by atoms with E-state index in [2.05, 4.69) is 10.6 Å². The summed E-state index contributed by atoms with van der Waals surface area (Å²) in [6.07, 6.45) is 0. The highest BCUT2D eigenvalue weighted by atomic mass is 16.5. The van der Waals surface area contributed by atoms with Crippen LogP contribution in [0.4, 0.5) is 11.4 Å². The first-order valence-electron chi connectivity index (χ1n) is 7.58. The lowest BCUT2D eigenvalue weighted by molar-refractivity contribution is -0.119. The molecule has 0 fully saturated rings. The van der Waals surface area contributed by atoms with Gasteiger partial charge in [0.1, 0.15) is 11.5 Å². The van der Waals surface area contributed by atoms with Gasteiger partial charge in [0.05, 0.1) is 5.69 Å². The molecule has 0 atom stereocenters. The predicted molar refractivity (Wildman–Crippen MR) is 90.6 cm³/mol. The van der Waals surface area contributed by atoms with Crippen molar-refractivity contribution in [2.24, 2.45) is 0 Å². The lowest BCUT2D eigenvalue weighted by Gasteiger charge is -2.18. The van der Waals surface area contributed by atoms with Crippen molar-refractivity contribution in [1.29, 1.82) is 0 Å². The Bertz CT molecular complexity index is 802. The molecule has 0 saturated heterocycles. The summed E-state index contributed by atoms with van der Waals surface area (Å²) < 4.78 is 10.9. The van der Waals surface area contributed by atoms with Gasteiger partial charge in [-0.15, -0.1) is 0 Å². The van der Waals surface area contributed by atoms with Gasteiger partial charge in [-0.25, -0.2) is 0 Å². The van der Waals surface area contributed by atoms with Gasteiger partial charge in [-0.3, -0.25) is 9.59 Å². The van der Waals surface area contributed by atoms with Crippen LogP contribution in [0.5, 0.6) is 11.5 Å². The van der Waals surface area contributed by atoms with Crippen LogP contribution in [-0.4, -0.2) is 25.0 Å². The monoisotopic (exact) mass is 326 g/mol. The molecule has 2 aromatic carbocycles. The van der Waals surface area contributed by atoms with Gasteiger partial charge in [0.15, 0.2) is 13.2 Å². The van der Waals surface area contributed by atoms with Gasteiger partial charge >= 0.3 is 0 Å². The van der Waals surface area contributed by atoms with Crippen LogP contribution in [0.25, 0.3) is 0 Å². The van der Waals surface area contributed by atoms with E-state index in [1.54, 1.807) is 18.2 Å². The maximum Gasteiger partial charge on any atom is 0.262 e. The van der Waals surface area contributed by atoms with Crippen molar-refractivity contribution in [3.63, 3.8) is 0 Å². The summed E-state index contributed by atoms with van der Waals surface area (Å²) in [5.74, 6) is 0.777. The molecule has 0 aromatic heterocycles. The molecule has 24 heavy (non-hydrogen) atoms. The molecule has 0 bridgehead atoms. The van der Waals surface area contributed by atoms with Gasteiger partial charge in [-0.05, 0) is 49.2 Å². The third-order valence-electron chi connectivity index (χ3n) is 3.60. The molecular formula is C18H18N2O4. The number of anilines is 2. The van der Waals surface area contributed by atoms with Crippen LogP contribution in [0.1, 0.15) is 11.1 Å². The third kappa shape index (κ3) is 3.65. The second-order valence-corrected chi connectivity index (χ2v) is 5.65. The molecule has 2 amide bonds. The molecule has 1 aliphatic rings. The Labute approximate surface area is 139 Å². The Morgan fingerprint density at radius 3 is 2.92 bits per heavy atom.